The molecule has 6 nitrogen and oxygen atoms in total. The molecule has 0 radical (unpaired) electrons. The first-order chi connectivity index (χ1) is 14.7. The summed E-state index contributed by atoms with van der Waals surface area (Å²) in [6.45, 7) is 2.31. The van der Waals surface area contributed by atoms with E-state index < -0.39 is 0 Å². The van der Waals surface area contributed by atoms with Gasteiger partial charge in [-0.25, -0.2) is 4.68 Å². The van der Waals surface area contributed by atoms with Crippen molar-refractivity contribution in [2.75, 3.05) is 23.3 Å². The Balaban J connectivity index is 1.55. The van der Waals surface area contributed by atoms with Crippen LogP contribution in [0.4, 0.5) is 11.4 Å². The van der Waals surface area contributed by atoms with Crippen LogP contribution in [-0.4, -0.2) is 28.8 Å². The summed E-state index contributed by atoms with van der Waals surface area (Å²) in [5.74, 6) is -0.320. The lowest BCUT2D eigenvalue weighted by Crippen LogP contribution is -2.28. The highest BCUT2D eigenvalue weighted by molar-refractivity contribution is 6.04. The van der Waals surface area contributed by atoms with E-state index >= 15 is 0 Å². The van der Waals surface area contributed by atoms with Crippen LogP contribution in [0.2, 0.25) is 0 Å². The van der Waals surface area contributed by atoms with Crippen molar-refractivity contribution < 1.29 is 4.79 Å². The molecule has 2 aromatic carbocycles. The summed E-state index contributed by atoms with van der Waals surface area (Å²) < 4.78 is 1.32. The summed E-state index contributed by atoms with van der Waals surface area (Å²) in [6, 6.07) is 20.4. The lowest BCUT2D eigenvalue weighted by Gasteiger charge is -2.25. The molecular formula is C24H26N4O2. The number of nitrogens with one attached hydrogen (secondary N) is 1. The van der Waals surface area contributed by atoms with Crippen LogP contribution in [0.5, 0.6) is 0 Å². The quantitative estimate of drug-likeness (QED) is 0.702. The summed E-state index contributed by atoms with van der Waals surface area (Å²) in [5, 5.41) is 7.30. The van der Waals surface area contributed by atoms with Crippen LogP contribution >= 0.6 is 0 Å². The van der Waals surface area contributed by atoms with E-state index in [4.69, 9.17) is 0 Å². The third kappa shape index (κ3) is 4.76. The van der Waals surface area contributed by atoms with Crippen molar-refractivity contribution in [3.8, 4) is 0 Å². The SMILES string of the molecule is O=C(Nc1ccccc1N1CCCCCC1)c1ccc(=O)n(Cc2ccccc2)n1. The van der Waals surface area contributed by atoms with Gasteiger partial charge in [0, 0.05) is 19.2 Å². The number of rotatable bonds is 5. The largest absolute Gasteiger partial charge is 0.370 e. The zero-order chi connectivity index (χ0) is 20.8. The fraction of sp³-hybridized carbons (Fsp3) is 0.292. The van der Waals surface area contributed by atoms with Crippen molar-refractivity contribution in [2.24, 2.45) is 0 Å². The average molecular weight is 402 g/mol. The van der Waals surface area contributed by atoms with Gasteiger partial charge in [-0.3, -0.25) is 9.59 Å². The zero-order valence-electron chi connectivity index (χ0n) is 17.0. The molecule has 30 heavy (non-hydrogen) atoms. The van der Waals surface area contributed by atoms with Crippen molar-refractivity contribution in [1.29, 1.82) is 0 Å². The van der Waals surface area contributed by atoms with E-state index in [-0.39, 0.29) is 17.2 Å². The van der Waals surface area contributed by atoms with Gasteiger partial charge in [-0.05, 0) is 36.6 Å². The highest BCUT2D eigenvalue weighted by atomic mass is 16.2. The van der Waals surface area contributed by atoms with Gasteiger partial charge in [0.15, 0.2) is 0 Å². The molecule has 154 valence electrons. The first kappa shape index (κ1) is 19.9. The minimum absolute atomic E-state index is 0.219. The van der Waals surface area contributed by atoms with Gasteiger partial charge in [0.1, 0.15) is 5.69 Å². The molecular weight excluding hydrogens is 376 g/mol. The van der Waals surface area contributed by atoms with Gasteiger partial charge in [-0.15, -0.1) is 0 Å². The van der Waals surface area contributed by atoms with Gasteiger partial charge in [-0.2, -0.15) is 5.10 Å². The predicted molar refractivity (Wildman–Crippen MR) is 119 cm³/mol. The Labute approximate surface area is 176 Å². The number of anilines is 2. The minimum Gasteiger partial charge on any atom is -0.370 e. The van der Waals surface area contributed by atoms with Crippen LogP contribution in [-0.2, 0) is 6.54 Å². The van der Waals surface area contributed by atoms with Gasteiger partial charge in [0.25, 0.3) is 11.5 Å². The van der Waals surface area contributed by atoms with E-state index in [0.717, 1.165) is 42.9 Å². The Morgan fingerprint density at radius 2 is 1.57 bits per heavy atom. The number of amides is 1. The second-order valence-electron chi connectivity index (χ2n) is 7.57. The van der Waals surface area contributed by atoms with E-state index in [0.29, 0.717) is 6.54 Å². The number of carbonyl (C=O) groups is 1. The Hall–Kier alpha value is -3.41. The zero-order valence-corrected chi connectivity index (χ0v) is 17.0. The highest BCUT2D eigenvalue weighted by Gasteiger charge is 2.16. The van der Waals surface area contributed by atoms with Gasteiger partial charge in [0.2, 0.25) is 0 Å². The lowest BCUT2D eigenvalue weighted by molar-refractivity contribution is 0.102. The molecule has 3 aromatic rings. The molecule has 1 amide bonds. The summed E-state index contributed by atoms with van der Waals surface area (Å²) in [5.41, 5.74) is 2.74. The summed E-state index contributed by atoms with van der Waals surface area (Å²) >= 11 is 0. The number of nitrogens with zero attached hydrogens (tertiary/aromatic N) is 3. The third-order valence-corrected chi connectivity index (χ3v) is 5.37. The molecule has 0 aliphatic carbocycles. The maximum atomic E-state index is 12.9. The standard InChI is InChI=1S/C24H26N4O2/c29-23-15-14-21(26-28(23)18-19-10-4-3-5-11-19)24(30)25-20-12-6-7-13-22(20)27-16-8-1-2-9-17-27/h3-7,10-15H,1-2,8-9,16-18H2,(H,25,30). The molecule has 6 heteroatoms. The molecule has 1 N–H and O–H groups in total. The Kier molecular flexibility index (Phi) is 6.23. The number of carbonyl (C=O) groups excluding carboxylic acids is 1. The van der Waals surface area contributed by atoms with Crippen LogP contribution in [0.25, 0.3) is 0 Å². The fourth-order valence-electron chi connectivity index (χ4n) is 3.79. The maximum absolute atomic E-state index is 12.9. The van der Waals surface area contributed by atoms with Crippen molar-refractivity contribution in [1.82, 2.24) is 9.78 Å². The highest BCUT2D eigenvalue weighted by Crippen LogP contribution is 2.28. The van der Waals surface area contributed by atoms with Crippen molar-refractivity contribution in [3.63, 3.8) is 0 Å². The molecule has 1 fully saturated rings. The lowest BCUT2D eigenvalue weighted by atomic mass is 10.2. The number of hydrogen-bond acceptors (Lipinski definition) is 4. The Bertz CT molecular complexity index is 1050. The van der Waals surface area contributed by atoms with E-state index in [1.807, 2.05) is 54.6 Å². The molecule has 1 aromatic heterocycles. The van der Waals surface area contributed by atoms with Crippen LogP contribution in [0.3, 0.4) is 0 Å². The molecule has 1 saturated heterocycles. The number of hydrogen-bond donors (Lipinski definition) is 1. The molecule has 4 rings (SSSR count). The van der Waals surface area contributed by atoms with Gasteiger partial charge >= 0.3 is 0 Å². The topological polar surface area (TPSA) is 67.2 Å². The Morgan fingerprint density at radius 1 is 0.867 bits per heavy atom. The number of benzene rings is 2. The van der Waals surface area contributed by atoms with E-state index in [1.165, 1.54) is 29.7 Å². The van der Waals surface area contributed by atoms with Crippen LogP contribution < -0.4 is 15.8 Å². The van der Waals surface area contributed by atoms with Crippen molar-refractivity contribution >= 4 is 17.3 Å². The predicted octanol–water partition coefficient (Wildman–Crippen LogP) is 3.92. The smallest absolute Gasteiger partial charge is 0.276 e. The van der Waals surface area contributed by atoms with Gasteiger partial charge in [-0.1, -0.05) is 55.3 Å². The molecule has 1 aliphatic heterocycles. The van der Waals surface area contributed by atoms with Gasteiger partial charge in [0.05, 0.1) is 17.9 Å². The van der Waals surface area contributed by atoms with Crippen LogP contribution in [0.1, 0.15) is 41.7 Å². The van der Waals surface area contributed by atoms with Crippen LogP contribution in [0.15, 0.2) is 71.5 Å². The summed E-state index contributed by atoms with van der Waals surface area (Å²) in [7, 11) is 0. The maximum Gasteiger partial charge on any atom is 0.276 e. The molecule has 2 heterocycles. The van der Waals surface area contributed by atoms with E-state index in [9.17, 15) is 9.59 Å². The summed E-state index contributed by atoms with van der Waals surface area (Å²) in [6.07, 6.45) is 4.82. The summed E-state index contributed by atoms with van der Waals surface area (Å²) in [4.78, 5) is 27.5. The van der Waals surface area contributed by atoms with Crippen LogP contribution in [0, 0.1) is 0 Å². The molecule has 0 saturated carbocycles. The average Bonchev–Trinajstić information content (AvgIpc) is 3.06. The number of aromatic nitrogens is 2. The second kappa shape index (κ2) is 9.39. The third-order valence-electron chi connectivity index (χ3n) is 5.37. The Morgan fingerprint density at radius 3 is 2.33 bits per heavy atom. The van der Waals surface area contributed by atoms with Crippen molar-refractivity contribution in [3.05, 3.63) is 88.3 Å². The second-order valence-corrected chi connectivity index (χ2v) is 7.57. The first-order valence-corrected chi connectivity index (χ1v) is 10.5. The molecule has 0 bridgehead atoms. The molecule has 0 spiro atoms. The monoisotopic (exact) mass is 402 g/mol. The minimum atomic E-state index is -0.320. The van der Waals surface area contributed by atoms with E-state index in [2.05, 4.69) is 15.3 Å². The van der Waals surface area contributed by atoms with E-state index in [1.54, 1.807) is 0 Å². The normalized spacial score (nSPS) is 14.2. The van der Waals surface area contributed by atoms with Gasteiger partial charge < -0.3 is 10.2 Å². The number of para-hydroxylation sites is 2. The molecule has 1 aliphatic rings. The fourth-order valence-corrected chi connectivity index (χ4v) is 3.79. The molecule has 0 atom stereocenters. The molecule has 0 unspecified atom stereocenters. The van der Waals surface area contributed by atoms with Crippen molar-refractivity contribution in [2.45, 2.75) is 32.2 Å². The first-order valence-electron chi connectivity index (χ1n) is 10.5.